The van der Waals surface area contributed by atoms with Crippen LogP contribution < -0.4 is 32.3 Å². The van der Waals surface area contributed by atoms with Gasteiger partial charge in [0.05, 0.1) is 11.8 Å². The minimum atomic E-state index is -0.110. The third kappa shape index (κ3) is 13.1. The highest BCUT2D eigenvalue weighted by Gasteiger charge is 2.30. The summed E-state index contributed by atoms with van der Waals surface area (Å²) in [7, 11) is 2.06. The van der Waals surface area contributed by atoms with E-state index in [1.165, 1.54) is 38.5 Å². The summed E-state index contributed by atoms with van der Waals surface area (Å²) in [5, 5.41) is 18.5. The molecule has 0 radical (unpaired) electrons. The van der Waals surface area contributed by atoms with Crippen LogP contribution in [-0.2, 0) is 0 Å². The number of unbranched alkanes of at least 4 members (excludes halogenated alkanes) is 3. The van der Waals surface area contributed by atoms with Gasteiger partial charge in [-0.05, 0) is 71.9 Å². The Morgan fingerprint density at radius 1 is 0.857 bits per heavy atom. The quantitative estimate of drug-likeness (QED) is 0.131. The van der Waals surface area contributed by atoms with Gasteiger partial charge in [-0.15, -0.1) is 0 Å². The third-order valence-electron chi connectivity index (χ3n) is 5.59. The molecule has 0 saturated heterocycles. The molecule has 0 aromatic heterocycles. The smallest absolute Gasteiger partial charge is 0.0727 e. The van der Waals surface area contributed by atoms with Gasteiger partial charge in [0.1, 0.15) is 0 Å². The Bertz CT molecular complexity index is 316. The Morgan fingerprint density at radius 3 is 2.14 bits per heavy atom. The van der Waals surface area contributed by atoms with E-state index in [0.29, 0.717) is 12.6 Å². The number of nitrogens with two attached hydrogens (primary N) is 1. The number of hydrogen-bond donors (Lipinski definition) is 6. The molecular weight excluding hydrogens is 348 g/mol. The average molecular weight is 401 g/mol. The van der Waals surface area contributed by atoms with Crippen LogP contribution in [0.5, 0.6) is 0 Å². The van der Waals surface area contributed by atoms with Crippen LogP contribution in [0.25, 0.3) is 0 Å². The van der Waals surface area contributed by atoms with Gasteiger partial charge in [0, 0.05) is 12.5 Å². The summed E-state index contributed by atoms with van der Waals surface area (Å²) in [5.74, 6) is 0. The minimum absolute atomic E-state index is 0.110. The molecule has 28 heavy (non-hydrogen) atoms. The molecule has 0 saturated carbocycles. The third-order valence-corrected chi connectivity index (χ3v) is 5.59. The van der Waals surface area contributed by atoms with E-state index in [9.17, 15) is 0 Å². The fourth-order valence-corrected chi connectivity index (χ4v) is 3.78. The highest BCUT2D eigenvalue weighted by atomic mass is 15.2. The van der Waals surface area contributed by atoms with Crippen LogP contribution in [0.4, 0.5) is 0 Å². The molecule has 0 rings (SSSR count). The molecular formula is C22H52N6. The Kier molecular flexibility index (Phi) is 18.6. The molecule has 3 atom stereocenters. The lowest BCUT2D eigenvalue weighted by molar-refractivity contribution is 0.186. The molecule has 0 heterocycles. The van der Waals surface area contributed by atoms with Crippen molar-refractivity contribution in [1.29, 1.82) is 0 Å². The van der Waals surface area contributed by atoms with Gasteiger partial charge < -0.3 is 21.7 Å². The predicted octanol–water partition coefficient (Wildman–Crippen LogP) is 2.50. The maximum Gasteiger partial charge on any atom is 0.0727 e. The van der Waals surface area contributed by atoms with Crippen LogP contribution in [0, 0.1) is 0 Å². The van der Waals surface area contributed by atoms with E-state index in [4.69, 9.17) is 5.73 Å². The van der Waals surface area contributed by atoms with Crippen LogP contribution in [0.3, 0.4) is 0 Å². The Morgan fingerprint density at radius 2 is 1.57 bits per heavy atom. The molecule has 0 aliphatic carbocycles. The summed E-state index contributed by atoms with van der Waals surface area (Å²) in [6, 6.07) is 0.582. The summed E-state index contributed by atoms with van der Waals surface area (Å²) in [6.07, 6.45) is 10.7. The molecule has 0 aliphatic heterocycles. The number of hydrogen-bond acceptors (Lipinski definition) is 6. The topological polar surface area (TPSA) is 86.2 Å². The Hall–Kier alpha value is -0.240. The first-order chi connectivity index (χ1) is 13.6. The first-order valence-electron chi connectivity index (χ1n) is 11.9. The molecule has 3 unspecified atom stereocenters. The van der Waals surface area contributed by atoms with Crippen molar-refractivity contribution in [2.75, 3.05) is 39.8 Å². The number of rotatable bonds is 21. The molecule has 0 aromatic carbocycles. The lowest BCUT2D eigenvalue weighted by Gasteiger charge is -2.39. The Labute approximate surface area is 175 Å². The zero-order valence-corrected chi connectivity index (χ0v) is 19.6. The normalized spacial score (nSPS) is 16.1. The molecule has 0 aliphatic rings. The summed E-state index contributed by atoms with van der Waals surface area (Å²) in [4.78, 5) is 0. The SMILES string of the molecule is CCCCCNC(CC(CCN)(NCC)NCCCC)NCCC(CC)NC. The first-order valence-corrected chi connectivity index (χ1v) is 11.9. The van der Waals surface area contributed by atoms with Gasteiger partial charge >= 0.3 is 0 Å². The van der Waals surface area contributed by atoms with Crippen molar-refractivity contribution in [2.24, 2.45) is 5.73 Å². The van der Waals surface area contributed by atoms with Gasteiger partial charge in [0.2, 0.25) is 0 Å². The van der Waals surface area contributed by atoms with E-state index in [0.717, 1.165) is 45.4 Å². The van der Waals surface area contributed by atoms with Crippen molar-refractivity contribution in [3.05, 3.63) is 0 Å². The minimum Gasteiger partial charge on any atom is -0.330 e. The number of nitrogens with one attached hydrogen (secondary N) is 5. The maximum absolute atomic E-state index is 6.01. The monoisotopic (exact) mass is 400 g/mol. The second-order valence-electron chi connectivity index (χ2n) is 7.99. The van der Waals surface area contributed by atoms with Gasteiger partial charge in [-0.3, -0.25) is 10.6 Å². The van der Waals surface area contributed by atoms with Crippen LogP contribution >= 0.6 is 0 Å². The van der Waals surface area contributed by atoms with Gasteiger partial charge in [-0.25, -0.2) is 0 Å². The first kappa shape index (κ1) is 27.8. The lowest BCUT2D eigenvalue weighted by atomic mass is 9.98. The molecule has 0 amide bonds. The van der Waals surface area contributed by atoms with Crippen molar-refractivity contribution in [3.8, 4) is 0 Å². The summed E-state index contributed by atoms with van der Waals surface area (Å²) < 4.78 is 0. The molecule has 0 aromatic rings. The summed E-state index contributed by atoms with van der Waals surface area (Å²) >= 11 is 0. The summed E-state index contributed by atoms with van der Waals surface area (Å²) in [6.45, 7) is 13.7. The molecule has 7 N–H and O–H groups in total. The van der Waals surface area contributed by atoms with Crippen LogP contribution in [-0.4, -0.2) is 57.6 Å². The lowest BCUT2D eigenvalue weighted by Crippen LogP contribution is -2.62. The summed E-state index contributed by atoms with van der Waals surface area (Å²) in [5.41, 5.74) is 5.90. The van der Waals surface area contributed by atoms with Crippen LogP contribution in [0.15, 0.2) is 0 Å². The largest absolute Gasteiger partial charge is 0.330 e. The van der Waals surface area contributed by atoms with E-state index >= 15 is 0 Å². The second-order valence-corrected chi connectivity index (χ2v) is 7.99. The molecule has 170 valence electrons. The van der Waals surface area contributed by atoms with Crippen LogP contribution in [0.1, 0.15) is 85.5 Å². The Balaban J connectivity index is 4.96. The van der Waals surface area contributed by atoms with Gasteiger partial charge in [0.15, 0.2) is 0 Å². The van der Waals surface area contributed by atoms with Crippen LogP contribution in [0.2, 0.25) is 0 Å². The van der Waals surface area contributed by atoms with E-state index in [-0.39, 0.29) is 11.8 Å². The van der Waals surface area contributed by atoms with E-state index in [1.807, 2.05) is 0 Å². The van der Waals surface area contributed by atoms with E-state index in [2.05, 4.69) is 61.3 Å². The highest BCUT2D eigenvalue weighted by Crippen LogP contribution is 2.14. The zero-order valence-electron chi connectivity index (χ0n) is 19.6. The van der Waals surface area contributed by atoms with E-state index in [1.54, 1.807) is 0 Å². The highest BCUT2D eigenvalue weighted by molar-refractivity contribution is 4.90. The molecule has 0 fully saturated rings. The zero-order chi connectivity index (χ0) is 21.1. The van der Waals surface area contributed by atoms with Crippen molar-refractivity contribution in [3.63, 3.8) is 0 Å². The van der Waals surface area contributed by atoms with Gasteiger partial charge in [0.25, 0.3) is 0 Å². The van der Waals surface area contributed by atoms with E-state index < -0.39 is 0 Å². The average Bonchev–Trinajstić information content (AvgIpc) is 2.69. The second kappa shape index (κ2) is 18.8. The van der Waals surface area contributed by atoms with Gasteiger partial charge in [-0.2, -0.15) is 0 Å². The molecule has 0 bridgehead atoms. The predicted molar refractivity (Wildman–Crippen MR) is 125 cm³/mol. The maximum atomic E-state index is 6.01. The molecule has 6 nitrogen and oxygen atoms in total. The van der Waals surface area contributed by atoms with Crippen molar-refractivity contribution >= 4 is 0 Å². The standard InChI is InChI=1S/C22H52N6/c1-6-10-12-16-25-21(26-18-13-20(8-3)24-5)19-22(14-15-23,27-9-4)28-17-11-7-2/h20-21,24-28H,6-19,23H2,1-5H3. The molecule has 0 spiro atoms. The van der Waals surface area contributed by atoms with Crippen molar-refractivity contribution in [1.82, 2.24) is 26.6 Å². The van der Waals surface area contributed by atoms with Crippen molar-refractivity contribution in [2.45, 2.75) is 103 Å². The fraction of sp³-hybridized carbons (Fsp3) is 1.00. The molecule has 6 heteroatoms. The van der Waals surface area contributed by atoms with Gasteiger partial charge in [-0.1, -0.05) is 47.0 Å². The van der Waals surface area contributed by atoms with Crippen molar-refractivity contribution < 1.29 is 0 Å². The fourth-order valence-electron chi connectivity index (χ4n) is 3.78.